The Hall–Kier alpha value is -0.810. The lowest BCUT2D eigenvalue weighted by atomic mass is 10.1. The summed E-state index contributed by atoms with van der Waals surface area (Å²) in [5.41, 5.74) is 1.45. The maximum absolute atomic E-state index is 12.8. The van der Waals surface area contributed by atoms with Crippen LogP contribution in [0.5, 0.6) is 5.75 Å². The van der Waals surface area contributed by atoms with Gasteiger partial charge >= 0.3 is 6.18 Å². The summed E-state index contributed by atoms with van der Waals surface area (Å²) in [6.07, 6.45) is -7.57. The molecule has 0 amide bonds. The Kier molecular flexibility index (Phi) is 5.67. The highest BCUT2D eigenvalue weighted by molar-refractivity contribution is 14.1. The van der Waals surface area contributed by atoms with E-state index in [-0.39, 0.29) is 5.75 Å². The molecule has 21 heavy (non-hydrogen) atoms. The fourth-order valence-corrected chi connectivity index (χ4v) is 2.68. The van der Waals surface area contributed by atoms with Crippen molar-refractivity contribution in [2.45, 2.75) is 19.2 Å². The van der Waals surface area contributed by atoms with Gasteiger partial charge in [0.15, 0.2) is 0 Å². The average molecular weight is 436 g/mol. The van der Waals surface area contributed by atoms with Gasteiger partial charge in [-0.25, -0.2) is 0 Å². The van der Waals surface area contributed by atoms with Crippen LogP contribution in [0.1, 0.15) is 12.5 Å². The molecule has 1 rings (SSSR count). The summed E-state index contributed by atoms with van der Waals surface area (Å²) in [6.45, 7) is 5.45. The standard InChI is InChI=1S/C12H12F3IO4S/c1-7(2)8-3-4-10(9(16)5-8)20-11(12(13,14)15)6-21(17,18)19/h3-5,11H,1,6H2,2H3,(H,17,18,19). The molecule has 1 aromatic rings. The van der Waals surface area contributed by atoms with Crippen molar-refractivity contribution in [3.8, 4) is 5.75 Å². The molecule has 1 atom stereocenters. The lowest BCUT2D eigenvalue weighted by molar-refractivity contribution is -0.188. The number of benzene rings is 1. The third-order valence-electron chi connectivity index (χ3n) is 2.42. The molecule has 0 aliphatic heterocycles. The first-order valence-corrected chi connectivity index (χ1v) is 8.23. The number of halogens is 4. The van der Waals surface area contributed by atoms with E-state index >= 15 is 0 Å². The molecule has 4 nitrogen and oxygen atoms in total. The van der Waals surface area contributed by atoms with Gasteiger partial charge in [-0.2, -0.15) is 21.6 Å². The van der Waals surface area contributed by atoms with Gasteiger partial charge in [-0.1, -0.05) is 18.2 Å². The van der Waals surface area contributed by atoms with Gasteiger partial charge in [0.2, 0.25) is 6.10 Å². The van der Waals surface area contributed by atoms with E-state index in [9.17, 15) is 21.6 Å². The summed E-state index contributed by atoms with van der Waals surface area (Å²) < 4.78 is 73.3. The van der Waals surface area contributed by atoms with Crippen molar-refractivity contribution in [3.05, 3.63) is 33.9 Å². The van der Waals surface area contributed by atoms with Crippen LogP contribution in [-0.2, 0) is 10.1 Å². The second-order valence-corrected chi connectivity index (χ2v) is 6.98. The molecule has 0 heterocycles. The average Bonchev–Trinajstić information content (AvgIpc) is 2.27. The predicted molar refractivity (Wildman–Crippen MR) is 80.8 cm³/mol. The van der Waals surface area contributed by atoms with Gasteiger partial charge in [-0.3, -0.25) is 4.55 Å². The van der Waals surface area contributed by atoms with E-state index in [1.54, 1.807) is 35.6 Å². The molecule has 0 radical (unpaired) electrons. The molecule has 0 saturated heterocycles. The molecule has 0 saturated carbocycles. The molecule has 1 aromatic carbocycles. The van der Waals surface area contributed by atoms with Gasteiger partial charge in [0, 0.05) is 0 Å². The minimum absolute atomic E-state index is 0.119. The number of hydrogen-bond donors (Lipinski definition) is 1. The first kappa shape index (κ1) is 18.2. The fourth-order valence-electron chi connectivity index (χ4n) is 1.40. The molecule has 1 N–H and O–H groups in total. The van der Waals surface area contributed by atoms with E-state index in [4.69, 9.17) is 9.29 Å². The largest absolute Gasteiger partial charge is 0.479 e. The molecule has 0 spiro atoms. The number of ether oxygens (including phenoxy) is 1. The van der Waals surface area contributed by atoms with Gasteiger partial charge < -0.3 is 4.74 Å². The first-order chi connectivity index (χ1) is 9.40. The summed E-state index contributed by atoms with van der Waals surface area (Å²) in [6, 6.07) is 4.38. The van der Waals surface area contributed by atoms with Crippen molar-refractivity contribution in [2.75, 3.05) is 5.75 Å². The Balaban J connectivity index is 3.07. The molecule has 0 bridgehead atoms. The highest BCUT2D eigenvalue weighted by Crippen LogP contribution is 2.30. The highest BCUT2D eigenvalue weighted by Gasteiger charge is 2.44. The zero-order chi connectivity index (χ0) is 16.4. The summed E-state index contributed by atoms with van der Waals surface area (Å²) in [5, 5.41) is 0. The number of rotatable bonds is 5. The summed E-state index contributed by atoms with van der Waals surface area (Å²) in [7, 11) is -4.82. The van der Waals surface area contributed by atoms with Crippen LogP contribution in [0.2, 0.25) is 0 Å². The number of hydrogen-bond acceptors (Lipinski definition) is 3. The third-order valence-corrected chi connectivity index (χ3v) is 3.99. The molecule has 9 heteroatoms. The molecular formula is C12H12F3IO4S. The molecule has 0 aliphatic carbocycles. The normalized spacial score (nSPS) is 13.8. The smallest absolute Gasteiger partial charge is 0.426 e. The van der Waals surface area contributed by atoms with Crippen LogP contribution in [0.4, 0.5) is 13.2 Å². The fraction of sp³-hybridized carbons (Fsp3) is 0.333. The summed E-state index contributed by atoms with van der Waals surface area (Å²) in [4.78, 5) is 0. The third kappa shape index (κ3) is 5.83. The molecule has 0 fully saturated rings. The van der Waals surface area contributed by atoms with Gasteiger partial charge in [-0.05, 0) is 47.2 Å². The van der Waals surface area contributed by atoms with Crippen molar-refractivity contribution in [3.63, 3.8) is 0 Å². The van der Waals surface area contributed by atoms with E-state index in [1.165, 1.54) is 12.1 Å². The van der Waals surface area contributed by atoms with Crippen LogP contribution < -0.4 is 4.74 Å². The predicted octanol–water partition coefficient (Wildman–Crippen LogP) is 3.52. The monoisotopic (exact) mass is 436 g/mol. The van der Waals surface area contributed by atoms with Crippen LogP contribution in [0.15, 0.2) is 24.8 Å². The molecule has 0 aliphatic rings. The van der Waals surface area contributed by atoms with Gasteiger partial charge in [0.05, 0.1) is 3.57 Å². The SMILES string of the molecule is C=C(C)c1ccc(OC(CS(=O)(=O)O)C(F)(F)F)c(I)c1. The first-order valence-electron chi connectivity index (χ1n) is 5.54. The van der Waals surface area contributed by atoms with E-state index < -0.39 is 28.2 Å². The van der Waals surface area contributed by atoms with E-state index in [0.717, 1.165) is 11.1 Å². The zero-order valence-corrected chi connectivity index (χ0v) is 13.8. The van der Waals surface area contributed by atoms with Crippen molar-refractivity contribution >= 4 is 38.3 Å². The van der Waals surface area contributed by atoms with Gasteiger partial charge in [-0.15, -0.1) is 0 Å². The minimum atomic E-state index is -4.92. The van der Waals surface area contributed by atoms with Crippen LogP contribution in [0.25, 0.3) is 5.57 Å². The molecule has 0 aromatic heterocycles. The van der Waals surface area contributed by atoms with Crippen molar-refractivity contribution < 1.29 is 30.9 Å². The number of alkyl halides is 3. The minimum Gasteiger partial charge on any atom is -0.479 e. The second kappa shape index (κ2) is 6.53. The Morgan fingerprint density at radius 3 is 2.43 bits per heavy atom. The van der Waals surface area contributed by atoms with Crippen LogP contribution in [-0.4, -0.2) is 31.0 Å². The van der Waals surface area contributed by atoms with Gasteiger partial charge in [0.1, 0.15) is 11.5 Å². The van der Waals surface area contributed by atoms with Crippen molar-refractivity contribution in [1.82, 2.24) is 0 Å². The van der Waals surface area contributed by atoms with Crippen molar-refractivity contribution in [2.24, 2.45) is 0 Å². The Morgan fingerprint density at radius 2 is 2.05 bits per heavy atom. The molecule has 118 valence electrons. The van der Waals surface area contributed by atoms with E-state index in [0.29, 0.717) is 3.57 Å². The zero-order valence-electron chi connectivity index (χ0n) is 10.8. The van der Waals surface area contributed by atoms with E-state index in [1.807, 2.05) is 0 Å². The Labute approximate surface area is 133 Å². The Morgan fingerprint density at radius 1 is 1.48 bits per heavy atom. The van der Waals surface area contributed by atoms with Gasteiger partial charge in [0.25, 0.3) is 10.1 Å². The van der Waals surface area contributed by atoms with Crippen LogP contribution in [0.3, 0.4) is 0 Å². The van der Waals surface area contributed by atoms with Crippen molar-refractivity contribution in [1.29, 1.82) is 0 Å². The van der Waals surface area contributed by atoms with Crippen LogP contribution >= 0.6 is 22.6 Å². The molecular weight excluding hydrogens is 424 g/mol. The quantitative estimate of drug-likeness (QED) is 0.567. The maximum atomic E-state index is 12.8. The topological polar surface area (TPSA) is 63.6 Å². The lowest BCUT2D eigenvalue weighted by Crippen LogP contribution is -2.40. The Bertz CT molecular complexity index is 640. The number of allylic oxidation sites excluding steroid dienone is 1. The summed E-state index contributed by atoms with van der Waals surface area (Å²) in [5.74, 6) is -1.68. The second-order valence-electron chi connectivity index (χ2n) is 4.32. The summed E-state index contributed by atoms with van der Waals surface area (Å²) >= 11 is 1.77. The lowest BCUT2D eigenvalue weighted by Gasteiger charge is -2.21. The highest BCUT2D eigenvalue weighted by atomic mass is 127. The molecule has 1 unspecified atom stereocenters. The van der Waals surface area contributed by atoms with Crippen LogP contribution in [0, 0.1) is 3.57 Å². The maximum Gasteiger partial charge on any atom is 0.426 e. The van der Waals surface area contributed by atoms with E-state index in [2.05, 4.69) is 6.58 Å².